The predicted octanol–water partition coefficient (Wildman–Crippen LogP) is 7.09. The standard InChI is InChI=1S/C50H62N4O12/c1-3-28-63-50-45(53(24-29-62-30-27-57)46(58)23-18-35-16-19-38(20-17-35)54(60)61)33-43(52-64-34-36-12-6-5-7-13-36)41-31-37(14-8-10-25-55)40(15-9-11-26-56)47(48(41)50)42-32-39(21-22-44(42)66-50)65-49(59)51-4-2/h3,5-7,12-13,16-23,31-32,37,40,45,47-48,55-57H,1,4,8-11,14-15,24-30,33-34H2,2H3,(H,51,59). The highest BCUT2D eigenvalue weighted by molar-refractivity contribution is 6.03. The average molecular weight is 911 g/mol. The van der Waals surface area contributed by atoms with Gasteiger partial charge in [0.05, 0.1) is 43.0 Å². The SMILES string of the molecule is C=CCOC12Oc3ccc(OC(=O)NCC)cc3C3C(CCCCO)C(CCCCO)C=C(C(=NOCc4ccccc4)CC1N(CCOCCO)C(=O)C=Cc1ccc([N+](=O)[O-])cc1)C32. The highest BCUT2D eigenvalue weighted by Gasteiger charge is 2.65. The number of rotatable bonds is 25. The van der Waals surface area contributed by atoms with Crippen molar-refractivity contribution in [1.82, 2.24) is 10.2 Å². The molecule has 3 aromatic carbocycles. The third kappa shape index (κ3) is 12.1. The predicted molar refractivity (Wildman–Crippen MR) is 248 cm³/mol. The zero-order valence-corrected chi connectivity index (χ0v) is 37.5. The molecule has 354 valence electrons. The Morgan fingerprint density at radius 1 is 1.00 bits per heavy atom. The van der Waals surface area contributed by atoms with E-state index in [-0.39, 0.29) is 82.7 Å². The fourth-order valence-electron chi connectivity index (χ4n) is 9.48. The van der Waals surface area contributed by atoms with Crippen LogP contribution in [0.25, 0.3) is 6.08 Å². The Balaban J connectivity index is 1.57. The van der Waals surface area contributed by atoms with Crippen molar-refractivity contribution in [1.29, 1.82) is 0 Å². The van der Waals surface area contributed by atoms with E-state index in [0.717, 1.165) is 29.5 Å². The quantitative estimate of drug-likeness (QED) is 0.0221. The number of nitrogens with zero attached hydrogens (tertiary/aromatic N) is 3. The molecule has 1 fully saturated rings. The van der Waals surface area contributed by atoms with Crippen molar-refractivity contribution in [3.05, 3.63) is 130 Å². The molecule has 0 spiro atoms. The summed E-state index contributed by atoms with van der Waals surface area (Å²) in [6.07, 6.45) is 10.4. The third-order valence-corrected chi connectivity index (χ3v) is 12.3. The normalized spacial score (nSPS) is 22.4. The van der Waals surface area contributed by atoms with Crippen LogP contribution in [0.1, 0.15) is 74.5 Å². The molecule has 2 amide bonds. The molecular formula is C50H62N4O12. The van der Waals surface area contributed by atoms with E-state index in [4.69, 9.17) is 28.9 Å². The number of nitrogens with one attached hydrogen (secondary N) is 1. The van der Waals surface area contributed by atoms with Crippen molar-refractivity contribution >= 4 is 29.5 Å². The largest absolute Gasteiger partial charge is 0.459 e. The van der Waals surface area contributed by atoms with Crippen LogP contribution in [0.15, 0.2) is 108 Å². The minimum Gasteiger partial charge on any atom is -0.459 e. The number of aliphatic hydroxyl groups is 3. The van der Waals surface area contributed by atoms with Crippen molar-refractivity contribution in [2.45, 2.75) is 76.2 Å². The maximum atomic E-state index is 14.9. The number of benzene rings is 3. The molecule has 16 nitrogen and oxygen atoms in total. The Morgan fingerprint density at radius 2 is 1.76 bits per heavy atom. The van der Waals surface area contributed by atoms with Crippen LogP contribution in [-0.2, 0) is 25.7 Å². The second kappa shape index (κ2) is 24.6. The number of amides is 2. The lowest BCUT2D eigenvalue weighted by molar-refractivity contribution is -0.384. The Hall–Kier alpha value is -5.91. The first-order chi connectivity index (χ1) is 32.2. The Bertz CT molecular complexity index is 2180. The minimum absolute atomic E-state index is 0.0220. The van der Waals surface area contributed by atoms with E-state index >= 15 is 0 Å². The molecule has 6 unspecified atom stereocenters. The van der Waals surface area contributed by atoms with Gasteiger partial charge in [-0.05, 0) is 97.6 Å². The van der Waals surface area contributed by atoms with Crippen LogP contribution >= 0.6 is 0 Å². The summed E-state index contributed by atoms with van der Waals surface area (Å²) in [7, 11) is 0. The van der Waals surface area contributed by atoms with E-state index in [1.807, 2.05) is 36.4 Å². The van der Waals surface area contributed by atoms with Crippen LogP contribution in [0.2, 0.25) is 0 Å². The number of unbranched alkanes of at least 4 members (excludes halogenated alkanes) is 2. The Labute approximate surface area is 385 Å². The smallest absolute Gasteiger partial charge is 0.412 e. The van der Waals surface area contributed by atoms with Gasteiger partial charge in [0.25, 0.3) is 5.69 Å². The molecule has 0 aromatic heterocycles. The number of fused-ring (bicyclic) bond motifs is 2. The Kier molecular flexibility index (Phi) is 18.4. The molecule has 0 bridgehead atoms. The molecule has 1 heterocycles. The van der Waals surface area contributed by atoms with Crippen molar-refractivity contribution < 1.29 is 53.6 Å². The first-order valence-corrected chi connectivity index (χ1v) is 22.8. The summed E-state index contributed by atoms with van der Waals surface area (Å²) in [5, 5.41) is 48.4. The van der Waals surface area contributed by atoms with Crippen LogP contribution in [0.4, 0.5) is 10.5 Å². The lowest BCUT2D eigenvalue weighted by Gasteiger charge is -2.60. The van der Waals surface area contributed by atoms with Crippen LogP contribution in [0.3, 0.4) is 0 Å². The number of oxime groups is 1. The van der Waals surface area contributed by atoms with Gasteiger partial charge < -0.3 is 49.3 Å². The zero-order valence-electron chi connectivity index (χ0n) is 37.5. The topological polar surface area (TPSA) is 212 Å². The third-order valence-electron chi connectivity index (χ3n) is 12.3. The summed E-state index contributed by atoms with van der Waals surface area (Å²) >= 11 is 0. The molecule has 3 aliphatic rings. The second-order valence-electron chi connectivity index (χ2n) is 16.5. The highest BCUT2D eigenvalue weighted by atomic mass is 16.7. The minimum atomic E-state index is -1.59. The second-order valence-corrected chi connectivity index (χ2v) is 16.5. The van der Waals surface area contributed by atoms with Gasteiger partial charge >= 0.3 is 6.09 Å². The number of carbonyl (C=O) groups excluding carboxylic acids is 2. The molecule has 6 atom stereocenters. The molecule has 66 heavy (non-hydrogen) atoms. The summed E-state index contributed by atoms with van der Waals surface area (Å²) in [4.78, 5) is 46.4. The molecule has 1 aliphatic heterocycles. The van der Waals surface area contributed by atoms with Gasteiger partial charge in [0.2, 0.25) is 11.7 Å². The van der Waals surface area contributed by atoms with Gasteiger partial charge in [-0.2, -0.15) is 0 Å². The van der Waals surface area contributed by atoms with E-state index in [1.54, 1.807) is 48.2 Å². The molecule has 4 N–H and O–H groups in total. The maximum Gasteiger partial charge on any atom is 0.412 e. The maximum absolute atomic E-state index is 14.9. The fraction of sp³-hybridized carbons (Fsp3) is 0.460. The Morgan fingerprint density at radius 3 is 2.45 bits per heavy atom. The molecule has 0 radical (unpaired) electrons. The number of non-ortho nitro benzene ring substituents is 1. The summed E-state index contributed by atoms with van der Waals surface area (Å²) in [6, 6.07) is 19.9. The van der Waals surface area contributed by atoms with Gasteiger partial charge in [-0.25, -0.2) is 4.79 Å². The van der Waals surface area contributed by atoms with Crippen LogP contribution in [-0.4, -0.2) is 107 Å². The van der Waals surface area contributed by atoms with E-state index in [9.17, 15) is 35.0 Å². The van der Waals surface area contributed by atoms with E-state index in [1.165, 1.54) is 18.2 Å². The molecule has 1 saturated carbocycles. The number of hydrogen-bond acceptors (Lipinski definition) is 13. The number of carbonyl (C=O) groups is 2. The van der Waals surface area contributed by atoms with Crippen molar-refractivity contribution in [2.24, 2.45) is 22.9 Å². The number of hydrogen-bond donors (Lipinski definition) is 4. The summed E-state index contributed by atoms with van der Waals surface area (Å²) in [6.45, 7) is 6.36. The molecule has 6 rings (SSSR count). The van der Waals surface area contributed by atoms with Gasteiger partial charge in [0.1, 0.15) is 24.1 Å². The molecule has 3 aromatic rings. The highest BCUT2D eigenvalue weighted by Crippen LogP contribution is 2.62. The fourth-order valence-corrected chi connectivity index (χ4v) is 9.48. The van der Waals surface area contributed by atoms with Gasteiger partial charge in [0, 0.05) is 62.4 Å². The molecular weight excluding hydrogens is 849 g/mol. The van der Waals surface area contributed by atoms with E-state index in [2.05, 4.69) is 18.0 Å². The van der Waals surface area contributed by atoms with Crippen molar-refractivity contribution in [2.75, 3.05) is 52.7 Å². The van der Waals surface area contributed by atoms with Crippen LogP contribution in [0, 0.1) is 27.9 Å². The molecule has 2 aliphatic carbocycles. The van der Waals surface area contributed by atoms with Gasteiger partial charge in [-0.3, -0.25) is 14.9 Å². The monoisotopic (exact) mass is 910 g/mol. The van der Waals surface area contributed by atoms with Crippen molar-refractivity contribution in [3.63, 3.8) is 0 Å². The number of aliphatic hydroxyl groups excluding tert-OH is 3. The van der Waals surface area contributed by atoms with E-state index < -0.39 is 34.7 Å². The first kappa shape index (κ1) is 49.5. The van der Waals surface area contributed by atoms with E-state index in [0.29, 0.717) is 55.0 Å². The van der Waals surface area contributed by atoms with Crippen molar-refractivity contribution in [3.8, 4) is 11.5 Å². The summed E-state index contributed by atoms with van der Waals surface area (Å²) in [5.74, 6) is -2.36. The number of allylic oxidation sites excluding steroid dienone is 1. The molecule has 0 saturated heterocycles. The number of nitro groups is 1. The van der Waals surface area contributed by atoms with Gasteiger partial charge in [-0.1, -0.05) is 60.5 Å². The summed E-state index contributed by atoms with van der Waals surface area (Å²) in [5.41, 5.74) is 3.57. The summed E-state index contributed by atoms with van der Waals surface area (Å²) < 4.78 is 25.9. The van der Waals surface area contributed by atoms with Crippen LogP contribution in [0.5, 0.6) is 11.5 Å². The lowest BCUT2D eigenvalue weighted by atomic mass is 9.55. The molecule has 16 heteroatoms. The zero-order chi connectivity index (χ0) is 46.9. The van der Waals surface area contributed by atoms with Crippen LogP contribution < -0.4 is 14.8 Å². The lowest BCUT2D eigenvalue weighted by Crippen LogP contribution is -2.70. The number of nitro benzene ring substituents is 1. The first-order valence-electron chi connectivity index (χ1n) is 22.8. The van der Waals surface area contributed by atoms with Gasteiger partial charge in [-0.15, -0.1) is 6.58 Å². The van der Waals surface area contributed by atoms with Gasteiger partial charge in [0.15, 0.2) is 0 Å². The number of ether oxygens (including phenoxy) is 4. The average Bonchev–Trinajstić information content (AvgIpc) is 3.32.